The number of carbonyl (C=O) groups is 1. The first kappa shape index (κ1) is 23.7. The zero-order valence-corrected chi connectivity index (χ0v) is 20.6. The number of ether oxygens (including phenoxy) is 1. The van der Waals surface area contributed by atoms with Crippen molar-refractivity contribution in [3.05, 3.63) is 70.3 Å². The van der Waals surface area contributed by atoms with Crippen LogP contribution >= 0.6 is 15.9 Å². The van der Waals surface area contributed by atoms with E-state index in [0.29, 0.717) is 23.4 Å². The maximum atomic E-state index is 12.8. The minimum atomic E-state index is -3.16. The number of benzene rings is 2. The van der Waals surface area contributed by atoms with Gasteiger partial charge < -0.3 is 10.1 Å². The Bertz CT molecular complexity index is 1410. The van der Waals surface area contributed by atoms with E-state index in [9.17, 15) is 18.5 Å². The van der Waals surface area contributed by atoms with Crippen molar-refractivity contribution in [2.75, 3.05) is 18.6 Å². The number of nitrogens with zero attached hydrogens (tertiary/aromatic N) is 3. The lowest BCUT2D eigenvalue weighted by Crippen LogP contribution is -2.36. The molecule has 1 aliphatic rings. The Morgan fingerprint density at radius 1 is 1.29 bits per heavy atom. The van der Waals surface area contributed by atoms with Gasteiger partial charge in [0.1, 0.15) is 23.1 Å². The smallest absolute Gasteiger partial charge is 0.262 e. The normalized spacial score (nSPS) is 17.2. The number of rotatable bonds is 6. The molecule has 0 bridgehead atoms. The molecule has 1 amide bonds. The fourth-order valence-corrected chi connectivity index (χ4v) is 5.93. The van der Waals surface area contributed by atoms with E-state index in [1.165, 1.54) is 6.08 Å². The molecule has 1 atom stereocenters. The maximum absolute atomic E-state index is 12.8. The van der Waals surface area contributed by atoms with Crippen LogP contribution in [0.15, 0.2) is 64.8 Å². The Labute approximate surface area is 205 Å². The van der Waals surface area contributed by atoms with E-state index < -0.39 is 21.8 Å². The highest BCUT2D eigenvalue weighted by molar-refractivity contribution is 9.10. The molecule has 34 heavy (non-hydrogen) atoms. The van der Waals surface area contributed by atoms with Crippen LogP contribution in [0.4, 0.5) is 0 Å². The quantitative estimate of drug-likeness (QED) is 0.378. The number of hydrogen-bond donors (Lipinski definition) is 1. The number of para-hydroxylation sites is 1. The first-order valence-corrected chi connectivity index (χ1v) is 13.0. The van der Waals surface area contributed by atoms with Crippen LogP contribution < -0.4 is 10.1 Å². The van der Waals surface area contributed by atoms with E-state index in [1.54, 1.807) is 24.1 Å². The lowest BCUT2D eigenvalue weighted by molar-refractivity contribution is -0.117. The molecule has 10 heteroatoms. The fourth-order valence-electron chi connectivity index (χ4n) is 3.72. The van der Waals surface area contributed by atoms with Gasteiger partial charge in [-0.3, -0.25) is 4.79 Å². The van der Waals surface area contributed by atoms with Gasteiger partial charge in [0.05, 0.1) is 28.8 Å². The Hall–Kier alpha value is -3.42. The van der Waals surface area contributed by atoms with E-state index in [4.69, 9.17) is 9.84 Å². The lowest BCUT2D eigenvalue weighted by atomic mass is 10.1. The van der Waals surface area contributed by atoms with Gasteiger partial charge in [0, 0.05) is 23.4 Å². The standard InChI is InChI=1S/C24H21BrN4O4S/c1-33-22-8-7-16(12-21(22)25)23-18(14-29(28-23)20-5-3-2-4-6-20)11-17(13-26)24(30)27-19-9-10-34(31,32)15-19/h2-8,11-12,14,19H,9-10,15H2,1H3,(H,27,30)/b17-11+. The summed E-state index contributed by atoms with van der Waals surface area (Å²) < 4.78 is 31.1. The van der Waals surface area contributed by atoms with Gasteiger partial charge >= 0.3 is 0 Å². The van der Waals surface area contributed by atoms with Crippen molar-refractivity contribution in [3.63, 3.8) is 0 Å². The van der Waals surface area contributed by atoms with E-state index in [0.717, 1.165) is 15.7 Å². The highest BCUT2D eigenvalue weighted by atomic mass is 79.9. The van der Waals surface area contributed by atoms with Gasteiger partial charge in [-0.15, -0.1) is 0 Å². The average molecular weight is 541 g/mol. The van der Waals surface area contributed by atoms with Gasteiger partial charge in [-0.25, -0.2) is 13.1 Å². The molecule has 1 aromatic heterocycles. The van der Waals surface area contributed by atoms with Gasteiger partial charge in [-0.2, -0.15) is 10.4 Å². The fraction of sp³-hybridized carbons (Fsp3) is 0.208. The number of amides is 1. The first-order chi connectivity index (χ1) is 16.3. The van der Waals surface area contributed by atoms with Gasteiger partial charge in [0.15, 0.2) is 9.84 Å². The second kappa shape index (κ2) is 9.83. The van der Waals surface area contributed by atoms with Crippen LogP contribution in [0.2, 0.25) is 0 Å². The van der Waals surface area contributed by atoms with Crippen molar-refractivity contribution in [1.82, 2.24) is 15.1 Å². The molecular formula is C24H21BrN4O4S. The zero-order valence-electron chi connectivity index (χ0n) is 18.2. The third-order valence-corrected chi connectivity index (χ3v) is 7.81. The van der Waals surface area contributed by atoms with Gasteiger partial charge in [0.25, 0.3) is 5.91 Å². The molecule has 0 spiro atoms. The SMILES string of the molecule is COc1ccc(-c2nn(-c3ccccc3)cc2/C=C(\C#N)C(=O)NC2CCS(=O)(=O)C2)cc1Br. The average Bonchev–Trinajstić information content (AvgIpc) is 3.40. The molecule has 174 valence electrons. The van der Waals surface area contributed by atoms with Crippen molar-refractivity contribution in [3.8, 4) is 28.8 Å². The summed E-state index contributed by atoms with van der Waals surface area (Å²) in [7, 11) is -1.58. The van der Waals surface area contributed by atoms with Crippen LogP contribution in [0.3, 0.4) is 0 Å². The molecule has 0 aliphatic carbocycles. The number of nitrogens with one attached hydrogen (secondary N) is 1. The number of methoxy groups -OCH3 is 1. The number of halogens is 1. The number of carbonyl (C=O) groups excluding carboxylic acids is 1. The summed E-state index contributed by atoms with van der Waals surface area (Å²) in [4.78, 5) is 12.8. The molecule has 2 aromatic carbocycles. The van der Waals surface area contributed by atoms with Crippen LogP contribution in [-0.2, 0) is 14.6 Å². The Kier molecular flexibility index (Phi) is 6.86. The molecule has 2 heterocycles. The molecular weight excluding hydrogens is 520 g/mol. The first-order valence-electron chi connectivity index (χ1n) is 10.4. The second-order valence-electron chi connectivity index (χ2n) is 7.81. The second-order valence-corrected chi connectivity index (χ2v) is 10.9. The Balaban J connectivity index is 1.73. The van der Waals surface area contributed by atoms with Crippen LogP contribution in [0.5, 0.6) is 5.75 Å². The topological polar surface area (TPSA) is 114 Å². The van der Waals surface area contributed by atoms with Crippen molar-refractivity contribution >= 4 is 37.8 Å². The number of sulfone groups is 1. The molecule has 1 saturated heterocycles. The van der Waals surface area contributed by atoms with Crippen LogP contribution in [0.1, 0.15) is 12.0 Å². The number of hydrogen-bond acceptors (Lipinski definition) is 6. The summed E-state index contributed by atoms with van der Waals surface area (Å²) in [6.45, 7) is 0. The van der Waals surface area contributed by atoms with Crippen molar-refractivity contribution in [1.29, 1.82) is 5.26 Å². The van der Waals surface area contributed by atoms with Gasteiger partial charge in [-0.05, 0) is 58.8 Å². The van der Waals surface area contributed by atoms with E-state index in [1.807, 2.05) is 48.5 Å². The minimum Gasteiger partial charge on any atom is -0.496 e. The molecule has 1 unspecified atom stereocenters. The van der Waals surface area contributed by atoms with E-state index in [-0.39, 0.29) is 17.1 Å². The molecule has 0 radical (unpaired) electrons. The van der Waals surface area contributed by atoms with Crippen LogP contribution in [0, 0.1) is 11.3 Å². The third kappa shape index (κ3) is 5.21. The monoisotopic (exact) mass is 540 g/mol. The summed E-state index contributed by atoms with van der Waals surface area (Å²) in [5.41, 5.74) is 2.57. The van der Waals surface area contributed by atoms with Gasteiger partial charge in [0.2, 0.25) is 0 Å². The van der Waals surface area contributed by atoms with Crippen LogP contribution in [-0.4, -0.2) is 48.8 Å². The van der Waals surface area contributed by atoms with E-state index >= 15 is 0 Å². The lowest BCUT2D eigenvalue weighted by Gasteiger charge is -2.10. The molecule has 3 aromatic rings. The molecule has 1 fully saturated rings. The molecule has 0 saturated carbocycles. The zero-order chi connectivity index (χ0) is 24.3. The molecule has 1 N–H and O–H groups in total. The summed E-state index contributed by atoms with van der Waals surface area (Å²) >= 11 is 3.49. The summed E-state index contributed by atoms with van der Waals surface area (Å²) in [6, 6.07) is 16.4. The number of nitriles is 1. The third-order valence-electron chi connectivity index (χ3n) is 5.42. The molecule has 8 nitrogen and oxygen atoms in total. The van der Waals surface area contributed by atoms with E-state index in [2.05, 4.69) is 21.2 Å². The largest absolute Gasteiger partial charge is 0.496 e. The highest BCUT2D eigenvalue weighted by Gasteiger charge is 2.29. The maximum Gasteiger partial charge on any atom is 0.262 e. The van der Waals surface area contributed by atoms with Gasteiger partial charge in [-0.1, -0.05) is 18.2 Å². The summed E-state index contributed by atoms with van der Waals surface area (Å²) in [6.07, 6.45) is 3.55. The number of aromatic nitrogens is 2. The predicted octanol–water partition coefficient (Wildman–Crippen LogP) is 3.52. The van der Waals surface area contributed by atoms with Crippen molar-refractivity contribution in [2.45, 2.75) is 12.5 Å². The predicted molar refractivity (Wildman–Crippen MR) is 132 cm³/mol. The summed E-state index contributed by atoms with van der Waals surface area (Å²) in [5.74, 6) is -0.0378. The highest BCUT2D eigenvalue weighted by Crippen LogP contribution is 2.32. The van der Waals surface area contributed by atoms with Crippen molar-refractivity contribution in [2.24, 2.45) is 0 Å². The molecule has 4 rings (SSSR count). The Morgan fingerprint density at radius 3 is 2.68 bits per heavy atom. The summed E-state index contributed by atoms with van der Waals surface area (Å²) in [5, 5.41) is 17.1. The van der Waals surface area contributed by atoms with Crippen LogP contribution in [0.25, 0.3) is 23.0 Å². The Morgan fingerprint density at radius 2 is 2.06 bits per heavy atom. The molecule has 1 aliphatic heterocycles. The van der Waals surface area contributed by atoms with Crippen molar-refractivity contribution < 1.29 is 17.9 Å². The minimum absolute atomic E-state index is 0.0316.